The number of nitrogens with zero attached hydrogens (tertiary/aromatic N) is 3. The molecule has 1 saturated heterocycles. The van der Waals surface area contributed by atoms with Gasteiger partial charge in [-0.25, -0.2) is 0 Å². The highest BCUT2D eigenvalue weighted by Gasteiger charge is 2.27. The van der Waals surface area contributed by atoms with Crippen molar-refractivity contribution in [2.75, 3.05) is 40.3 Å². The molecule has 5 heteroatoms. The van der Waals surface area contributed by atoms with Gasteiger partial charge in [0.25, 0.3) is 0 Å². The molecule has 1 aliphatic heterocycles. The number of aromatic nitrogens is 1. The van der Waals surface area contributed by atoms with Crippen molar-refractivity contribution in [3.63, 3.8) is 0 Å². The van der Waals surface area contributed by atoms with Gasteiger partial charge < -0.3 is 20.3 Å². The molecule has 0 radical (unpaired) electrons. The molecule has 0 bridgehead atoms. The summed E-state index contributed by atoms with van der Waals surface area (Å²) >= 11 is 0. The third-order valence-electron chi connectivity index (χ3n) is 4.12. The monoisotopic (exact) mass is 292 g/mol. The minimum atomic E-state index is -0.0479. The summed E-state index contributed by atoms with van der Waals surface area (Å²) < 4.78 is 5.66. The van der Waals surface area contributed by atoms with Crippen molar-refractivity contribution in [2.45, 2.75) is 31.8 Å². The van der Waals surface area contributed by atoms with Crippen LogP contribution in [0, 0.1) is 0 Å². The second-order valence-electron chi connectivity index (χ2n) is 5.99. The quantitative estimate of drug-likeness (QED) is 0.891. The van der Waals surface area contributed by atoms with E-state index in [9.17, 15) is 0 Å². The molecule has 2 atom stereocenters. The molecular formula is C16H28N4O. The van der Waals surface area contributed by atoms with Gasteiger partial charge in [-0.2, -0.15) is 0 Å². The van der Waals surface area contributed by atoms with Crippen LogP contribution in [0.25, 0.3) is 0 Å². The molecule has 0 saturated carbocycles. The van der Waals surface area contributed by atoms with Crippen molar-refractivity contribution in [2.24, 2.45) is 5.73 Å². The molecule has 1 aromatic rings. The summed E-state index contributed by atoms with van der Waals surface area (Å²) in [4.78, 5) is 9.01. The van der Waals surface area contributed by atoms with Crippen LogP contribution in [0.4, 0.5) is 0 Å². The minimum absolute atomic E-state index is 0.0479. The van der Waals surface area contributed by atoms with Gasteiger partial charge in [0.1, 0.15) is 5.75 Å². The number of likely N-dealkylation sites (N-methyl/N-ethyl adjacent to an activating group) is 2. The van der Waals surface area contributed by atoms with Crippen molar-refractivity contribution >= 4 is 0 Å². The van der Waals surface area contributed by atoms with Crippen molar-refractivity contribution in [1.29, 1.82) is 0 Å². The van der Waals surface area contributed by atoms with Gasteiger partial charge in [-0.15, -0.1) is 0 Å². The van der Waals surface area contributed by atoms with Gasteiger partial charge in [0, 0.05) is 24.8 Å². The topological polar surface area (TPSA) is 54.6 Å². The maximum Gasteiger partial charge on any atom is 0.137 e. The number of nitrogens with two attached hydrogens (primary N) is 1. The van der Waals surface area contributed by atoms with Gasteiger partial charge in [-0.3, -0.25) is 4.98 Å². The summed E-state index contributed by atoms with van der Waals surface area (Å²) in [6.07, 6.45) is 5.80. The molecule has 1 fully saturated rings. The fourth-order valence-corrected chi connectivity index (χ4v) is 2.83. The average Bonchev–Trinajstić information content (AvgIpc) is 2.66. The van der Waals surface area contributed by atoms with E-state index in [2.05, 4.69) is 35.8 Å². The molecule has 2 rings (SSSR count). The molecule has 1 aromatic heterocycles. The second-order valence-corrected chi connectivity index (χ2v) is 5.99. The maximum absolute atomic E-state index is 6.53. The zero-order chi connectivity index (χ0) is 15.2. The van der Waals surface area contributed by atoms with Gasteiger partial charge in [0.2, 0.25) is 0 Å². The Kier molecular flexibility index (Phi) is 5.96. The summed E-state index contributed by atoms with van der Waals surface area (Å²) in [6.45, 7) is 6.01. The predicted octanol–water partition coefficient (Wildman–Crippen LogP) is 1.51. The smallest absolute Gasteiger partial charge is 0.137 e. The van der Waals surface area contributed by atoms with E-state index in [1.807, 2.05) is 12.3 Å². The zero-order valence-corrected chi connectivity index (χ0v) is 13.5. The Labute approximate surface area is 128 Å². The van der Waals surface area contributed by atoms with Crippen molar-refractivity contribution in [3.05, 3.63) is 24.0 Å². The Bertz CT molecular complexity index is 440. The molecular weight excluding hydrogens is 264 g/mol. The Hall–Kier alpha value is -1.17. The van der Waals surface area contributed by atoms with Gasteiger partial charge in [0.15, 0.2) is 0 Å². The van der Waals surface area contributed by atoms with Gasteiger partial charge >= 0.3 is 0 Å². The molecule has 0 aliphatic carbocycles. The predicted molar refractivity (Wildman–Crippen MR) is 85.5 cm³/mol. The first kappa shape index (κ1) is 16.2. The van der Waals surface area contributed by atoms with E-state index in [4.69, 9.17) is 10.5 Å². The van der Waals surface area contributed by atoms with E-state index < -0.39 is 0 Å². The van der Waals surface area contributed by atoms with Crippen LogP contribution in [-0.4, -0.2) is 61.2 Å². The van der Waals surface area contributed by atoms with Crippen LogP contribution in [0.15, 0.2) is 18.5 Å². The SMILES string of the molecule is CCCOc1cncc(C(N)C2CN(C)CCCN2C)c1. The molecule has 2 N–H and O–H groups in total. The number of pyridine rings is 1. The Morgan fingerprint density at radius 2 is 2.19 bits per heavy atom. The van der Waals surface area contributed by atoms with Crippen LogP contribution in [0.1, 0.15) is 31.4 Å². The lowest BCUT2D eigenvalue weighted by Crippen LogP contribution is -2.45. The largest absolute Gasteiger partial charge is 0.492 e. The first-order chi connectivity index (χ1) is 10.1. The minimum Gasteiger partial charge on any atom is -0.492 e. The van der Waals surface area contributed by atoms with Crippen LogP contribution < -0.4 is 10.5 Å². The fourth-order valence-electron chi connectivity index (χ4n) is 2.83. The Morgan fingerprint density at radius 1 is 1.38 bits per heavy atom. The van der Waals surface area contributed by atoms with Gasteiger partial charge in [-0.1, -0.05) is 6.92 Å². The summed E-state index contributed by atoms with van der Waals surface area (Å²) in [5.41, 5.74) is 7.58. The van der Waals surface area contributed by atoms with E-state index in [1.54, 1.807) is 6.20 Å². The summed E-state index contributed by atoms with van der Waals surface area (Å²) in [7, 11) is 4.33. The molecule has 118 valence electrons. The van der Waals surface area contributed by atoms with E-state index in [-0.39, 0.29) is 6.04 Å². The molecule has 5 nitrogen and oxygen atoms in total. The Balaban J connectivity index is 2.11. The van der Waals surface area contributed by atoms with E-state index in [1.165, 1.54) is 6.42 Å². The molecule has 21 heavy (non-hydrogen) atoms. The van der Waals surface area contributed by atoms with E-state index in [0.29, 0.717) is 12.6 Å². The lowest BCUT2D eigenvalue weighted by Gasteiger charge is -2.32. The van der Waals surface area contributed by atoms with Gasteiger partial charge in [-0.05, 0) is 51.7 Å². The number of rotatable bonds is 5. The highest BCUT2D eigenvalue weighted by atomic mass is 16.5. The molecule has 0 aromatic carbocycles. The highest BCUT2D eigenvalue weighted by Crippen LogP contribution is 2.23. The number of ether oxygens (including phenoxy) is 1. The molecule has 0 amide bonds. The zero-order valence-electron chi connectivity index (χ0n) is 13.5. The average molecular weight is 292 g/mol. The van der Waals surface area contributed by atoms with Crippen molar-refractivity contribution < 1.29 is 4.74 Å². The molecule has 0 spiro atoms. The lowest BCUT2D eigenvalue weighted by atomic mass is 10.0. The standard InChI is InChI=1S/C16H28N4O/c1-4-8-21-14-9-13(10-18-11-14)16(17)15-12-19(2)6-5-7-20(15)3/h9-11,15-16H,4-8,12,17H2,1-3H3. The van der Waals surface area contributed by atoms with Crippen LogP contribution in [0.5, 0.6) is 5.75 Å². The van der Waals surface area contributed by atoms with Crippen LogP contribution in [-0.2, 0) is 0 Å². The summed E-state index contributed by atoms with van der Waals surface area (Å²) in [5.74, 6) is 0.814. The second kappa shape index (κ2) is 7.73. The van der Waals surface area contributed by atoms with E-state index >= 15 is 0 Å². The van der Waals surface area contributed by atoms with Gasteiger partial charge in [0.05, 0.1) is 12.8 Å². The first-order valence-electron chi connectivity index (χ1n) is 7.84. The maximum atomic E-state index is 6.53. The third-order valence-corrected chi connectivity index (χ3v) is 4.12. The highest BCUT2D eigenvalue weighted by molar-refractivity contribution is 5.27. The van der Waals surface area contributed by atoms with Crippen LogP contribution in [0.2, 0.25) is 0 Å². The molecule has 2 unspecified atom stereocenters. The summed E-state index contributed by atoms with van der Waals surface area (Å²) in [5, 5.41) is 0. The fraction of sp³-hybridized carbons (Fsp3) is 0.688. The van der Waals surface area contributed by atoms with E-state index in [0.717, 1.165) is 37.4 Å². The third kappa shape index (κ3) is 4.40. The van der Waals surface area contributed by atoms with Crippen LogP contribution in [0.3, 0.4) is 0 Å². The Morgan fingerprint density at radius 3 is 2.95 bits per heavy atom. The first-order valence-corrected chi connectivity index (χ1v) is 7.84. The number of hydrogen-bond donors (Lipinski definition) is 1. The molecule has 2 heterocycles. The molecule has 1 aliphatic rings. The number of hydrogen-bond acceptors (Lipinski definition) is 5. The van der Waals surface area contributed by atoms with Crippen molar-refractivity contribution in [1.82, 2.24) is 14.8 Å². The van der Waals surface area contributed by atoms with Crippen LogP contribution >= 0.6 is 0 Å². The normalized spacial score (nSPS) is 22.8. The lowest BCUT2D eigenvalue weighted by molar-refractivity contribution is 0.196. The summed E-state index contributed by atoms with van der Waals surface area (Å²) in [6, 6.07) is 2.29. The van der Waals surface area contributed by atoms with Crippen molar-refractivity contribution in [3.8, 4) is 5.75 Å².